The van der Waals surface area contributed by atoms with E-state index in [1.807, 2.05) is 48.5 Å². The molecule has 0 bridgehead atoms. The maximum atomic E-state index is 12.9. The summed E-state index contributed by atoms with van der Waals surface area (Å²) in [6.07, 6.45) is 0.769. The molecule has 4 heterocycles. The molecule has 0 saturated carbocycles. The summed E-state index contributed by atoms with van der Waals surface area (Å²) in [7, 11) is 0. The molecular formula is C42H36Cl2N4O10. The van der Waals surface area contributed by atoms with Gasteiger partial charge in [-0.2, -0.15) is 0 Å². The Kier molecular flexibility index (Phi) is 10.5. The van der Waals surface area contributed by atoms with E-state index in [9.17, 15) is 39.0 Å². The van der Waals surface area contributed by atoms with E-state index in [-0.39, 0.29) is 88.7 Å². The molecule has 4 amide bonds. The van der Waals surface area contributed by atoms with E-state index in [4.69, 9.17) is 32.7 Å². The first-order valence-corrected chi connectivity index (χ1v) is 19.4. The molecule has 2 N–H and O–H groups in total. The molecule has 0 radical (unpaired) electrons. The summed E-state index contributed by atoms with van der Waals surface area (Å²) in [5, 5.41) is 19.9. The molecule has 4 aromatic carbocycles. The Labute approximate surface area is 342 Å². The number of ether oxygens (including phenoxy) is 2. The van der Waals surface area contributed by atoms with Gasteiger partial charge in [0.1, 0.15) is 23.6 Å². The second-order valence-electron chi connectivity index (χ2n) is 14.3. The second kappa shape index (κ2) is 15.7. The smallest absolute Gasteiger partial charge is 0.326 e. The molecule has 0 spiro atoms. The van der Waals surface area contributed by atoms with Crippen molar-refractivity contribution in [2.45, 2.75) is 37.8 Å². The van der Waals surface area contributed by atoms with Crippen LogP contribution in [0, 0.1) is 0 Å². The lowest BCUT2D eigenvalue weighted by Gasteiger charge is -2.32. The molecule has 2 atom stereocenters. The number of anilines is 2. The minimum absolute atomic E-state index is 0.0750. The van der Waals surface area contributed by atoms with Crippen LogP contribution in [-0.4, -0.2) is 107 Å². The molecule has 14 nitrogen and oxygen atoms in total. The molecule has 298 valence electrons. The molecule has 58 heavy (non-hydrogen) atoms. The lowest BCUT2D eigenvalue weighted by Crippen LogP contribution is -2.47. The number of carbonyl (C=O) groups is 6. The van der Waals surface area contributed by atoms with Crippen LogP contribution in [0.5, 0.6) is 11.5 Å². The van der Waals surface area contributed by atoms with E-state index < -0.39 is 24.0 Å². The van der Waals surface area contributed by atoms with Gasteiger partial charge in [0.15, 0.2) is 13.2 Å². The number of halogens is 2. The number of carboxylic acid groups (broad SMARTS) is 2. The number of aliphatic carboxylic acids is 2. The van der Waals surface area contributed by atoms with Gasteiger partial charge in [0, 0.05) is 61.3 Å². The monoisotopic (exact) mass is 826 g/mol. The predicted molar refractivity (Wildman–Crippen MR) is 213 cm³/mol. The SMILES string of the molecule is O=C(O)C1CCC(=O)N1CCN1C(=O)COc2cc(-c3cccc(-c4cccc(-c5ccc6c(c5)OCC(=O)N6CCN5C(=O)CCC5C(=O)O)c4Cl)c3Cl)ccc21. The maximum Gasteiger partial charge on any atom is 0.326 e. The van der Waals surface area contributed by atoms with Crippen molar-refractivity contribution in [1.29, 1.82) is 0 Å². The van der Waals surface area contributed by atoms with Crippen molar-refractivity contribution in [3.05, 3.63) is 82.8 Å². The van der Waals surface area contributed by atoms with Gasteiger partial charge in [-0.25, -0.2) is 9.59 Å². The van der Waals surface area contributed by atoms with Gasteiger partial charge in [0.2, 0.25) is 11.8 Å². The van der Waals surface area contributed by atoms with Gasteiger partial charge in [-0.3, -0.25) is 19.2 Å². The van der Waals surface area contributed by atoms with Crippen molar-refractivity contribution in [3.8, 4) is 44.9 Å². The zero-order valence-electron chi connectivity index (χ0n) is 30.9. The Bertz CT molecular complexity index is 2240. The summed E-state index contributed by atoms with van der Waals surface area (Å²) in [5.41, 5.74) is 5.10. The van der Waals surface area contributed by atoms with Crippen LogP contribution in [0.25, 0.3) is 33.4 Å². The average molecular weight is 828 g/mol. The van der Waals surface area contributed by atoms with Gasteiger partial charge >= 0.3 is 11.9 Å². The zero-order chi connectivity index (χ0) is 40.8. The minimum Gasteiger partial charge on any atom is -0.482 e. The molecule has 4 aliphatic rings. The largest absolute Gasteiger partial charge is 0.482 e. The molecule has 8 rings (SSSR count). The molecule has 2 saturated heterocycles. The first-order chi connectivity index (χ1) is 27.9. The normalized spacial score (nSPS) is 18.9. The van der Waals surface area contributed by atoms with Gasteiger partial charge in [-0.15, -0.1) is 0 Å². The van der Waals surface area contributed by atoms with E-state index in [1.165, 1.54) is 19.6 Å². The van der Waals surface area contributed by atoms with Crippen LogP contribution < -0.4 is 19.3 Å². The Morgan fingerprint density at radius 2 is 0.966 bits per heavy atom. The lowest BCUT2D eigenvalue weighted by molar-refractivity contribution is -0.146. The zero-order valence-corrected chi connectivity index (χ0v) is 32.4. The number of hydrogen-bond acceptors (Lipinski definition) is 8. The van der Waals surface area contributed by atoms with Crippen molar-refractivity contribution in [2.75, 3.05) is 49.2 Å². The quantitative estimate of drug-likeness (QED) is 0.194. The van der Waals surface area contributed by atoms with Crippen molar-refractivity contribution >= 4 is 70.1 Å². The third kappa shape index (κ3) is 7.06. The number of amides is 4. The number of rotatable bonds is 11. The minimum atomic E-state index is -1.07. The number of benzene rings is 4. The van der Waals surface area contributed by atoms with Crippen LogP contribution in [-0.2, 0) is 28.8 Å². The summed E-state index contributed by atoms with van der Waals surface area (Å²) in [6.45, 7) is -0.0810. The highest BCUT2D eigenvalue weighted by molar-refractivity contribution is 6.39. The topological polar surface area (TPSA) is 174 Å². The molecule has 0 aromatic heterocycles. The summed E-state index contributed by atoms with van der Waals surface area (Å²) < 4.78 is 11.7. The van der Waals surface area contributed by atoms with Crippen LogP contribution in [0.15, 0.2) is 72.8 Å². The van der Waals surface area contributed by atoms with Gasteiger partial charge < -0.3 is 39.3 Å². The molecule has 0 aliphatic carbocycles. The number of likely N-dealkylation sites (tertiary alicyclic amines) is 2. The number of nitrogens with zero attached hydrogens (tertiary/aromatic N) is 4. The van der Waals surface area contributed by atoms with E-state index in [0.29, 0.717) is 66.3 Å². The van der Waals surface area contributed by atoms with E-state index in [2.05, 4.69) is 0 Å². The van der Waals surface area contributed by atoms with E-state index >= 15 is 0 Å². The number of carboxylic acids is 2. The van der Waals surface area contributed by atoms with E-state index in [1.54, 1.807) is 24.3 Å². The highest BCUT2D eigenvalue weighted by Gasteiger charge is 2.38. The molecular weight excluding hydrogens is 791 g/mol. The number of fused-ring (bicyclic) bond motifs is 2. The van der Waals surface area contributed by atoms with Gasteiger partial charge in [0.05, 0.1) is 21.4 Å². The summed E-state index contributed by atoms with van der Waals surface area (Å²) in [5.74, 6) is -2.40. The predicted octanol–water partition coefficient (Wildman–Crippen LogP) is 5.60. The molecule has 16 heteroatoms. The van der Waals surface area contributed by atoms with Gasteiger partial charge in [0.25, 0.3) is 11.8 Å². The fraction of sp³-hybridized carbons (Fsp3) is 0.286. The Morgan fingerprint density at radius 3 is 1.36 bits per heavy atom. The van der Waals surface area contributed by atoms with Crippen LogP contribution in [0.2, 0.25) is 10.0 Å². The van der Waals surface area contributed by atoms with E-state index in [0.717, 1.165) is 0 Å². The highest BCUT2D eigenvalue weighted by atomic mass is 35.5. The average Bonchev–Trinajstić information content (AvgIpc) is 3.78. The molecule has 2 unspecified atom stereocenters. The maximum absolute atomic E-state index is 12.9. The van der Waals surface area contributed by atoms with Crippen LogP contribution >= 0.6 is 23.2 Å². The first-order valence-electron chi connectivity index (χ1n) is 18.7. The van der Waals surface area contributed by atoms with Crippen molar-refractivity contribution in [3.63, 3.8) is 0 Å². The highest BCUT2D eigenvalue weighted by Crippen LogP contribution is 2.45. The fourth-order valence-corrected chi connectivity index (χ4v) is 8.79. The standard InChI is InChI=1S/C42H36Cl2N4O10/c43-39-25(23-7-9-29-33(19-23)57-21-37(51)45(29)15-17-47-31(41(53)54)11-13-35(47)49)3-1-5-27(39)28-6-2-4-26(40(28)44)24-8-10-30-34(20-24)58-22-38(52)46(30)16-18-48-32(42(55)56)12-14-36(48)50/h1-10,19-20,31-32H,11-18,21-22H2,(H,53,54)(H,55,56). The van der Waals surface area contributed by atoms with Gasteiger partial charge in [-0.1, -0.05) is 71.7 Å². The van der Waals surface area contributed by atoms with Crippen molar-refractivity contribution in [1.82, 2.24) is 9.80 Å². The second-order valence-corrected chi connectivity index (χ2v) is 15.1. The third-order valence-electron chi connectivity index (χ3n) is 11.1. The number of hydrogen-bond donors (Lipinski definition) is 2. The van der Waals surface area contributed by atoms with Crippen LogP contribution in [0.4, 0.5) is 11.4 Å². The van der Waals surface area contributed by atoms with Crippen molar-refractivity contribution in [2.24, 2.45) is 0 Å². The molecule has 2 fully saturated rings. The first kappa shape index (κ1) is 38.7. The fourth-order valence-electron chi connectivity index (χ4n) is 8.12. The third-order valence-corrected chi connectivity index (χ3v) is 11.9. The van der Waals surface area contributed by atoms with Crippen LogP contribution in [0.1, 0.15) is 25.7 Å². The Balaban J connectivity index is 1.03. The van der Waals surface area contributed by atoms with Gasteiger partial charge in [-0.05, 0) is 48.2 Å². The summed E-state index contributed by atoms with van der Waals surface area (Å²) in [4.78, 5) is 79.7. The lowest BCUT2D eigenvalue weighted by atomic mass is 9.95. The Hall–Kier alpha value is -6.12. The molecule has 4 aliphatic heterocycles. The van der Waals surface area contributed by atoms with Crippen molar-refractivity contribution < 1.29 is 48.5 Å². The van der Waals surface area contributed by atoms with Crippen LogP contribution in [0.3, 0.4) is 0 Å². The summed E-state index contributed by atoms with van der Waals surface area (Å²) in [6, 6.07) is 20.0. The number of carbonyl (C=O) groups excluding carboxylic acids is 4. The Morgan fingerprint density at radius 1 is 0.569 bits per heavy atom. The summed E-state index contributed by atoms with van der Waals surface area (Å²) >= 11 is 14.3. The molecule has 4 aromatic rings.